The summed E-state index contributed by atoms with van der Waals surface area (Å²) < 4.78 is 5.51. The Bertz CT molecular complexity index is 374. The molecule has 0 bridgehead atoms. The molecule has 0 fully saturated rings. The number of benzene rings is 1. The Kier molecular flexibility index (Phi) is 2.46. The maximum atomic E-state index is 11.8. The molecule has 1 heterocycles. The summed E-state index contributed by atoms with van der Waals surface area (Å²) in [5.41, 5.74) is 0.621. The second kappa shape index (κ2) is 3.62. The molecular formula is C11H11ClO2. The van der Waals surface area contributed by atoms with E-state index in [9.17, 15) is 4.79 Å². The average molecular weight is 211 g/mol. The molecule has 14 heavy (non-hydrogen) atoms. The fourth-order valence-electron chi connectivity index (χ4n) is 1.64. The number of carbonyl (C=O) groups is 1. The molecule has 1 aliphatic heterocycles. The van der Waals surface area contributed by atoms with Crippen LogP contribution in [0.25, 0.3) is 0 Å². The number of para-hydroxylation sites is 1. The summed E-state index contributed by atoms with van der Waals surface area (Å²) in [6.07, 6.45) is 1.36. The van der Waals surface area contributed by atoms with E-state index in [4.69, 9.17) is 16.3 Å². The zero-order valence-electron chi connectivity index (χ0n) is 7.92. The average Bonchev–Trinajstić information content (AvgIpc) is 2.48. The van der Waals surface area contributed by atoms with E-state index in [1.165, 1.54) is 0 Å². The molecule has 1 aromatic rings. The summed E-state index contributed by atoms with van der Waals surface area (Å²) in [6.45, 7) is 2.03. The van der Waals surface area contributed by atoms with Gasteiger partial charge in [0.15, 0.2) is 6.10 Å². The van der Waals surface area contributed by atoms with Gasteiger partial charge in [0, 0.05) is 0 Å². The van der Waals surface area contributed by atoms with E-state index < -0.39 is 0 Å². The predicted molar refractivity (Wildman–Crippen MR) is 55.1 cm³/mol. The summed E-state index contributed by atoms with van der Waals surface area (Å²) in [5, 5.41) is 0.523. The molecule has 1 unspecified atom stereocenters. The summed E-state index contributed by atoms with van der Waals surface area (Å²) in [4.78, 5) is 11.8. The van der Waals surface area contributed by atoms with E-state index in [1.807, 2.05) is 6.92 Å². The fourth-order valence-corrected chi connectivity index (χ4v) is 1.86. The van der Waals surface area contributed by atoms with Gasteiger partial charge in [-0.3, -0.25) is 4.79 Å². The first-order valence-corrected chi connectivity index (χ1v) is 5.11. The highest BCUT2D eigenvalue weighted by Gasteiger charge is 2.32. The third-order valence-electron chi connectivity index (χ3n) is 2.34. The summed E-state index contributed by atoms with van der Waals surface area (Å²) in [5.74, 6) is 0.613. The molecule has 0 aliphatic carbocycles. The highest BCUT2D eigenvalue weighted by molar-refractivity contribution is 6.33. The van der Waals surface area contributed by atoms with Crippen molar-refractivity contribution in [3.8, 4) is 5.75 Å². The van der Waals surface area contributed by atoms with Crippen molar-refractivity contribution in [2.24, 2.45) is 0 Å². The Balaban J connectivity index is 2.35. The van der Waals surface area contributed by atoms with Crippen molar-refractivity contribution in [2.45, 2.75) is 25.9 Å². The lowest BCUT2D eigenvalue weighted by molar-refractivity contribution is 0.0845. The molecule has 0 saturated carbocycles. The van der Waals surface area contributed by atoms with Crippen molar-refractivity contribution in [2.75, 3.05) is 0 Å². The van der Waals surface area contributed by atoms with Crippen molar-refractivity contribution < 1.29 is 9.53 Å². The lowest BCUT2D eigenvalue weighted by atomic mass is 10.1. The molecular weight excluding hydrogens is 200 g/mol. The predicted octanol–water partition coefficient (Wildman–Crippen LogP) is 3.08. The number of fused-ring (bicyclic) bond motifs is 1. The largest absolute Gasteiger partial charge is 0.480 e. The molecule has 0 radical (unpaired) electrons. The fraction of sp³-hybridized carbons (Fsp3) is 0.364. The van der Waals surface area contributed by atoms with E-state index in [-0.39, 0.29) is 11.9 Å². The SMILES string of the molecule is CCCC1Oc2c(Cl)cccc2C1=O. The van der Waals surface area contributed by atoms with E-state index in [0.717, 1.165) is 12.8 Å². The number of halogens is 1. The van der Waals surface area contributed by atoms with E-state index >= 15 is 0 Å². The van der Waals surface area contributed by atoms with Crippen LogP contribution in [0.2, 0.25) is 5.02 Å². The van der Waals surface area contributed by atoms with Crippen LogP contribution in [0.1, 0.15) is 30.1 Å². The minimum Gasteiger partial charge on any atom is -0.480 e. The topological polar surface area (TPSA) is 26.3 Å². The molecule has 74 valence electrons. The van der Waals surface area contributed by atoms with Crippen LogP contribution in [0.15, 0.2) is 18.2 Å². The van der Waals surface area contributed by atoms with Crippen molar-refractivity contribution in [1.29, 1.82) is 0 Å². The van der Waals surface area contributed by atoms with Crippen molar-refractivity contribution in [3.05, 3.63) is 28.8 Å². The van der Waals surface area contributed by atoms with Gasteiger partial charge in [-0.2, -0.15) is 0 Å². The minimum absolute atomic E-state index is 0.0596. The molecule has 0 saturated heterocycles. The van der Waals surface area contributed by atoms with Crippen LogP contribution >= 0.6 is 11.6 Å². The van der Waals surface area contributed by atoms with Gasteiger partial charge in [-0.05, 0) is 18.6 Å². The molecule has 0 spiro atoms. The number of carbonyl (C=O) groups excluding carboxylic acids is 1. The number of ketones is 1. The van der Waals surface area contributed by atoms with Gasteiger partial charge < -0.3 is 4.74 Å². The van der Waals surface area contributed by atoms with Crippen LogP contribution in [0.4, 0.5) is 0 Å². The lowest BCUT2D eigenvalue weighted by Gasteiger charge is -2.07. The summed E-state index contributed by atoms with van der Waals surface area (Å²) in [6, 6.07) is 5.28. The van der Waals surface area contributed by atoms with Gasteiger partial charge in [-0.25, -0.2) is 0 Å². The highest BCUT2D eigenvalue weighted by atomic mass is 35.5. The quantitative estimate of drug-likeness (QED) is 0.750. The molecule has 1 atom stereocenters. The van der Waals surface area contributed by atoms with Crippen molar-refractivity contribution in [1.82, 2.24) is 0 Å². The standard InChI is InChI=1S/C11H11ClO2/c1-2-4-9-10(13)7-5-3-6-8(12)11(7)14-9/h3,5-6,9H,2,4H2,1H3. The van der Waals surface area contributed by atoms with Gasteiger partial charge >= 0.3 is 0 Å². The van der Waals surface area contributed by atoms with Crippen LogP contribution in [0.5, 0.6) is 5.75 Å². The molecule has 0 aromatic heterocycles. The summed E-state index contributed by atoms with van der Waals surface area (Å²) >= 11 is 5.92. The molecule has 0 N–H and O–H groups in total. The molecule has 1 aliphatic rings. The number of rotatable bonds is 2. The molecule has 2 nitrogen and oxygen atoms in total. The van der Waals surface area contributed by atoms with Gasteiger partial charge in [0.25, 0.3) is 0 Å². The normalized spacial score (nSPS) is 19.3. The Morgan fingerprint density at radius 1 is 1.50 bits per heavy atom. The molecule has 0 amide bonds. The van der Waals surface area contributed by atoms with Gasteiger partial charge in [0.2, 0.25) is 5.78 Å². The van der Waals surface area contributed by atoms with E-state index in [2.05, 4.69) is 0 Å². The minimum atomic E-state index is -0.324. The zero-order chi connectivity index (χ0) is 10.1. The van der Waals surface area contributed by atoms with Gasteiger partial charge in [0.05, 0.1) is 10.6 Å². The smallest absolute Gasteiger partial charge is 0.207 e. The molecule has 3 heteroatoms. The lowest BCUT2D eigenvalue weighted by Crippen LogP contribution is -2.19. The maximum Gasteiger partial charge on any atom is 0.207 e. The van der Waals surface area contributed by atoms with Crippen molar-refractivity contribution >= 4 is 17.4 Å². The van der Waals surface area contributed by atoms with Crippen LogP contribution in [0, 0.1) is 0 Å². The summed E-state index contributed by atoms with van der Waals surface area (Å²) in [7, 11) is 0. The second-order valence-electron chi connectivity index (χ2n) is 3.38. The third kappa shape index (κ3) is 1.40. The maximum absolute atomic E-state index is 11.8. The Hall–Kier alpha value is -1.02. The monoisotopic (exact) mass is 210 g/mol. The first-order valence-electron chi connectivity index (χ1n) is 4.73. The van der Waals surface area contributed by atoms with Crippen LogP contribution < -0.4 is 4.74 Å². The Morgan fingerprint density at radius 2 is 2.29 bits per heavy atom. The van der Waals surface area contributed by atoms with Crippen molar-refractivity contribution in [3.63, 3.8) is 0 Å². The van der Waals surface area contributed by atoms with Crippen LogP contribution in [-0.2, 0) is 0 Å². The number of hydrogen-bond acceptors (Lipinski definition) is 2. The number of Topliss-reactive ketones (excluding diaryl/α,β-unsaturated/α-hetero) is 1. The molecule has 2 rings (SSSR count). The first-order chi connectivity index (χ1) is 6.74. The zero-order valence-corrected chi connectivity index (χ0v) is 8.67. The second-order valence-corrected chi connectivity index (χ2v) is 3.78. The van der Waals surface area contributed by atoms with Crippen LogP contribution in [-0.4, -0.2) is 11.9 Å². The van der Waals surface area contributed by atoms with E-state index in [1.54, 1.807) is 18.2 Å². The van der Waals surface area contributed by atoms with Gasteiger partial charge in [-0.15, -0.1) is 0 Å². The number of ether oxygens (including phenoxy) is 1. The van der Waals surface area contributed by atoms with Crippen LogP contribution in [0.3, 0.4) is 0 Å². The van der Waals surface area contributed by atoms with Gasteiger partial charge in [0.1, 0.15) is 5.75 Å². The molecule has 1 aromatic carbocycles. The Morgan fingerprint density at radius 3 is 2.93 bits per heavy atom. The van der Waals surface area contributed by atoms with Gasteiger partial charge in [-0.1, -0.05) is 31.0 Å². The number of hydrogen-bond donors (Lipinski definition) is 0. The van der Waals surface area contributed by atoms with E-state index in [0.29, 0.717) is 16.3 Å². The Labute approximate surface area is 87.8 Å². The third-order valence-corrected chi connectivity index (χ3v) is 2.63. The highest BCUT2D eigenvalue weighted by Crippen LogP contribution is 2.36. The first kappa shape index (κ1) is 9.53.